The van der Waals surface area contributed by atoms with Crippen molar-refractivity contribution in [3.63, 3.8) is 0 Å². The normalized spacial score (nSPS) is 28.3. The van der Waals surface area contributed by atoms with Crippen molar-refractivity contribution >= 4 is 0 Å². The molecule has 1 N–H and O–H groups in total. The van der Waals surface area contributed by atoms with Crippen LogP contribution in [0.1, 0.15) is 24.8 Å². The van der Waals surface area contributed by atoms with Crippen molar-refractivity contribution in [2.75, 3.05) is 27.4 Å². The lowest BCUT2D eigenvalue weighted by molar-refractivity contribution is 0.129. The van der Waals surface area contributed by atoms with E-state index in [1.54, 1.807) is 14.2 Å². The molecule has 0 saturated carbocycles. The van der Waals surface area contributed by atoms with E-state index in [4.69, 9.17) is 9.47 Å². The van der Waals surface area contributed by atoms with Gasteiger partial charge in [0.05, 0.1) is 13.7 Å². The Balaban J connectivity index is 2.09. The highest BCUT2D eigenvalue weighted by molar-refractivity contribution is 5.32. The van der Waals surface area contributed by atoms with Crippen molar-refractivity contribution in [3.8, 4) is 5.75 Å². The van der Waals surface area contributed by atoms with Crippen LogP contribution in [0.15, 0.2) is 24.3 Å². The minimum Gasteiger partial charge on any atom is -0.497 e. The van der Waals surface area contributed by atoms with Crippen LogP contribution in [-0.2, 0) is 4.74 Å². The Labute approximate surface area is 103 Å². The van der Waals surface area contributed by atoms with Gasteiger partial charge in [0.2, 0.25) is 0 Å². The Bertz CT molecular complexity index is 380. The van der Waals surface area contributed by atoms with E-state index in [1.807, 2.05) is 6.07 Å². The second-order valence-electron chi connectivity index (χ2n) is 5.05. The smallest absolute Gasteiger partial charge is 0.119 e. The lowest BCUT2D eigenvalue weighted by Crippen LogP contribution is -2.40. The summed E-state index contributed by atoms with van der Waals surface area (Å²) in [6.45, 7) is 3.98. The van der Waals surface area contributed by atoms with Gasteiger partial charge in [-0.15, -0.1) is 0 Å². The van der Waals surface area contributed by atoms with E-state index in [-0.39, 0.29) is 5.54 Å². The first-order valence-corrected chi connectivity index (χ1v) is 6.05. The maximum absolute atomic E-state index is 5.27. The molecule has 0 aromatic heterocycles. The van der Waals surface area contributed by atoms with E-state index >= 15 is 0 Å². The third-order valence-electron chi connectivity index (χ3n) is 3.50. The highest BCUT2D eigenvalue weighted by Gasteiger charge is 2.35. The minimum absolute atomic E-state index is 0.0997. The molecule has 2 atom stereocenters. The molecule has 1 aromatic rings. The van der Waals surface area contributed by atoms with Crippen molar-refractivity contribution in [1.29, 1.82) is 0 Å². The molecule has 1 aliphatic rings. The topological polar surface area (TPSA) is 30.5 Å². The van der Waals surface area contributed by atoms with Crippen LogP contribution in [0.4, 0.5) is 0 Å². The molecule has 1 saturated heterocycles. The van der Waals surface area contributed by atoms with Gasteiger partial charge in [0.15, 0.2) is 0 Å². The average molecular weight is 235 g/mol. The Morgan fingerprint density at radius 1 is 1.41 bits per heavy atom. The fourth-order valence-electron chi connectivity index (χ4n) is 2.62. The summed E-state index contributed by atoms with van der Waals surface area (Å²) in [7, 11) is 3.47. The van der Waals surface area contributed by atoms with E-state index in [9.17, 15) is 0 Å². The van der Waals surface area contributed by atoms with Crippen LogP contribution in [0, 0.1) is 0 Å². The first kappa shape index (κ1) is 12.4. The van der Waals surface area contributed by atoms with Crippen molar-refractivity contribution < 1.29 is 9.47 Å². The molecule has 94 valence electrons. The molecule has 0 radical (unpaired) electrons. The predicted octanol–water partition coefficient (Wildman–Crippen LogP) is 2.18. The number of ether oxygens (including phenoxy) is 2. The molecule has 2 unspecified atom stereocenters. The average Bonchev–Trinajstić information content (AvgIpc) is 2.72. The van der Waals surface area contributed by atoms with Crippen LogP contribution in [0.25, 0.3) is 0 Å². The molecular weight excluding hydrogens is 214 g/mol. The molecular formula is C14H21NO2. The van der Waals surface area contributed by atoms with Gasteiger partial charge in [-0.05, 0) is 37.0 Å². The van der Waals surface area contributed by atoms with Gasteiger partial charge in [-0.3, -0.25) is 0 Å². The van der Waals surface area contributed by atoms with Crippen molar-refractivity contribution in [2.45, 2.75) is 24.8 Å². The molecule has 1 fully saturated rings. The zero-order valence-corrected chi connectivity index (χ0v) is 10.8. The first-order chi connectivity index (χ1) is 8.17. The molecule has 3 nitrogen and oxygen atoms in total. The number of hydrogen-bond donors (Lipinski definition) is 1. The second kappa shape index (κ2) is 5.07. The van der Waals surface area contributed by atoms with Crippen LogP contribution in [-0.4, -0.2) is 32.9 Å². The van der Waals surface area contributed by atoms with Gasteiger partial charge in [-0.25, -0.2) is 0 Å². The van der Waals surface area contributed by atoms with E-state index in [2.05, 4.69) is 30.4 Å². The maximum Gasteiger partial charge on any atom is 0.119 e. The zero-order chi connectivity index (χ0) is 12.3. The number of nitrogens with one attached hydrogen (secondary N) is 1. The molecule has 2 rings (SSSR count). The minimum atomic E-state index is 0.0997. The summed E-state index contributed by atoms with van der Waals surface area (Å²) >= 11 is 0. The van der Waals surface area contributed by atoms with Crippen molar-refractivity contribution in [2.24, 2.45) is 0 Å². The highest BCUT2D eigenvalue weighted by atomic mass is 16.5. The summed E-state index contributed by atoms with van der Waals surface area (Å²) < 4.78 is 10.5. The number of benzene rings is 1. The second-order valence-corrected chi connectivity index (χ2v) is 5.05. The predicted molar refractivity (Wildman–Crippen MR) is 68.6 cm³/mol. The molecule has 1 aromatic carbocycles. The molecule has 1 heterocycles. The lowest BCUT2D eigenvalue weighted by Gasteiger charge is -2.23. The van der Waals surface area contributed by atoms with E-state index < -0.39 is 0 Å². The molecule has 1 aliphatic heterocycles. The van der Waals surface area contributed by atoms with Gasteiger partial charge < -0.3 is 14.8 Å². The summed E-state index contributed by atoms with van der Waals surface area (Å²) in [6.07, 6.45) is 1.11. The van der Waals surface area contributed by atoms with Gasteiger partial charge >= 0.3 is 0 Å². The van der Waals surface area contributed by atoms with E-state index in [0.717, 1.165) is 25.3 Å². The Morgan fingerprint density at radius 2 is 2.24 bits per heavy atom. The number of methoxy groups -OCH3 is 2. The molecule has 0 bridgehead atoms. The maximum atomic E-state index is 5.27. The fourth-order valence-corrected chi connectivity index (χ4v) is 2.62. The summed E-state index contributed by atoms with van der Waals surface area (Å²) in [5.74, 6) is 1.48. The monoisotopic (exact) mass is 235 g/mol. The van der Waals surface area contributed by atoms with Crippen LogP contribution in [0.5, 0.6) is 5.75 Å². The quantitative estimate of drug-likeness (QED) is 0.867. The van der Waals surface area contributed by atoms with Crippen LogP contribution < -0.4 is 10.1 Å². The molecule has 0 aliphatic carbocycles. The molecule has 0 amide bonds. The number of rotatable bonds is 4. The molecule has 3 heteroatoms. The summed E-state index contributed by atoms with van der Waals surface area (Å²) in [5, 5.41) is 3.55. The van der Waals surface area contributed by atoms with Crippen LogP contribution in [0.3, 0.4) is 0 Å². The van der Waals surface area contributed by atoms with E-state index in [0.29, 0.717) is 5.92 Å². The summed E-state index contributed by atoms with van der Waals surface area (Å²) in [5.41, 5.74) is 1.44. The fraction of sp³-hybridized carbons (Fsp3) is 0.571. The lowest BCUT2D eigenvalue weighted by atomic mass is 9.90. The van der Waals surface area contributed by atoms with Gasteiger partial charge in [0, 0.05) is 19.2 Å². The summed E-state index contributed by atoms with van der Waals surface area (Å²) in [6, 6.07) is 8.35. The standard InChI is InChI=1S/C14H21NO2/c1-14(10-16-2)8-12(9-15-14)11-5-4-6-13(7-11)17-3/h4-7,12,15H,8-10H2,1-3H3. The Morgan fingerprint density at radius 3 is 2.94 bits per heavy atom. The summed E-state index contributed by atoms with van der Waals surface area (Å²) in [4.78, 5) is 0. The highest BCUT2D eigenvalue weighted by Crippen LogP contribution is 2.33. The SMILES string of the molecule is COCC1(C)CC(c2cccc(OC)c2)CN1. The Hall–Kier alpha value is -1.06. The molecule has 0 spiro atoms. The van der Waals surface area contributed by atoms with Gasteiger partial charge in [0.25, 0.3) is 0 Å². The van der Waals surface area contributed by atoms with Crippen LogP contribution in [0.2, 0.25) is 0 Å². The third-order valence-corrected chi connectivity index (χ3v) is 3.50. The van der Waals surface area contributed by atoms with Crippen LogP contribution >= 0.6 is 0 Å². The van der Waals surface area contributed by atoms with Crippen molar-refractivity contribution in [3.05, 3.63) is 29.8 Å². The Kier molecular flexibility index (Phi) is 3.69. The van der Waals surface area contributed by atoms with E-state index in [1.165, 1.54) is 5.56 Å². The van der Waals surface area contributed by atoms with Gasteiger partial charge in [-0.1, -0.05) is 12.1 Å². The zero-order valence-electron chi connectivity index (χ0n) is 10.8. The van der Waals surface area contributed by atoms with Gasteiger partial charge in [-0.2, -0.15) is 0 Å². The first-order valence-electron chi connectivity index (χ1n) is 6.05. The third kappa shape index (κ3) is 2.79. The van der Waals surface area contributed by atoms with Gasteiger partial charge in [0.1, 0.15) is 5.75 Å². The molecule has 17 heavy (non-hydrogen) atoms. The largest absolute Gasteiger partial charge is 0.497 e. The number of hydrogen-bond acceptors (Lipinski definition) is 3. The van der Waals surface area contributed by atoms with Crippen molar-refractivity contribution in [1.82, 2.24) is 5.32 Å².